The highest BCUT2D eigenvalue weighted by atomic mass is 79.9. The van der Waals surface area contributed by atoms with Crippen LogP contribution in [0.5, 0.6) is 0 Å². The Morgan fingerprint density at radius 3 is 2.68 bits per heavy atom. The van der Waals surface area contributed by atoms with Crippen molar-refractivity contribution >= 4 is 33.4 Å². The third-order valence-electron chi connectivity index (χ3n) is 3.67. The summed E-state index contributed by atoms with van der Waals surface area (Å²) in [4.78, 5) is 28.3. The predicted octanol–water partition coefficient (Wildman–Crippen LogP) is 2.83. The fraction of sp³-hybridized carbons (Fsp3) is 0.250. The largest absolute Gasteiger partial charge is 0.356 e. The Morgan fingerprint density at radius 2 is 2.09 bits per heavy atom. The number of anilines is 1. The Labute approximate surface area is 136 Å². The molecule has 1 aliphatic rings. The average molecular weight is 362 g/mol. The second kappa shape index (κ2) is 6.36. The lowest BCUT2D eigenvalue weighted by Crippen LogP contribution is -2.24. The van der Waals surface area contributed by atoms with Crippen LogP contribution in [0.3, 0.4) is 0 Å². The van der Waals surface area contributed by atoms with E-state index in [1.54, 1.807) is 17.2 Å². The molecule has 1 fully saturated rings. The summed E-state index contributed by atoms with van der Waals surface area (Å²) in [6, 6.07) is 9.46. The summed E-state index contributed by atoms with van der Waals surface area (Å²) in [5.41, 5.74) is 2.44. The molecule has 2 amide bonds. The Kier molecular flexibility index (Phi) is 4.29. The summed E-state index contributed by atoms with van der Waals surface area (Å²) in [6.07, 6.45) is 3.27. The first-order valence-corrected chi connectivity index (χ1v) is 7.94. The number of benzene rings is 1. The fourth-order valence-electron chi connectivity index (χ4n) is 2.49. The van der Waals surface area contributed by atoms with Gasteiger partial charge in [-0.1, -0.05) is 12.1 Å². The summed E-state index contributed by atoms with van der Waals surface area (Å²) >= 11 is 3.30. The van der Waals surface area contributed by atoms with Crippen molar-refractivity contribution in [3.63, 3.8) is 0 Å². The van der Waals surface area contributed by atoms with E-state index in [0.29, 0.717) is 18.7 Å². The highest BCUT2D eigenvalue weighted by molar-refractivity contribution is 9.10. The molecular formula is C16H16BrN3O2. The molecule has 5 nitrogen and oxygen atoms in total. The van der Waals surface area contributed by atoms with Gasteiger partial charge in [-0.3, -0.25) is 9.59 Å². The van der Waals surface area contributed by atoms with Crippen LogP contribution in [0.25, 0.3) is 0 Å². The molecule has 3 rings (SSSR count). The molecule has 0 aliphatic carbocycles. The molecule has 0 saturated carbocycles. The Hall–Kier alpha value is -2.08. The molecule has 1 saturated heterocycles. The topological polar surface area (TPSA) is 65.2 Å². The summed E-state index contributed by atoms with van der Waals surface area (Å²) in [7, 11) is 0. The number of H-pyrrole nitrogens is 1. The van der Waals surface area contributed by atoms with Crippen LogP contribution in [0.4, 0.5) is 5.69 Å². The van der Waals surface area contributed by atoms with Crippen LogP contribution in [0.1, 0.15) is 28.9 Å². The number of carbonyl (C=O) groups is 2. The molecule has 0 bridgehead atoms. The number of halogens is 1. The highest BCUT2D eigenvalue weighted by Crippen LogP contribution is 2.21. The number of aromatic nitrogens is 1. The zero-order chi connectivity index (χ0) is 15.5. The van der Waals surface area contributed by atoms with Gasteiger partial charge in [-0.2, -0.15) is 0 Å². The number of aromatic amines is 1. The van der Waals surface area contributed by atoms with Crippen LogP contribution in [-0.2, 0) is 11.3 Å². The minimum absolute atomic E-state index is 0.149. The van der Waals surface area contributed by atoms with E-state index < -0.39 is 0 Å². The number of hydrogen-bond acceptors (Lipinski definition) is 2. The van der Waals surface area contributed by atoms with Crippen LogP contribution < -0.4 is 10.2 Å². The van der Waals surface area contributed by atoms with Gasteiger partial charge in [-0.15, -0.1) is 0 Å². The summed E-state index contributed by atoms with van der Waals surface area (Å²) < 4.78 is 0.845. The SMILES string of the molecule is O=C(NCc1ccc(N2CCCC2=O)cc1)c1cc(Br)c[nH]1. The number of amides is 2. The molecule has 1 aromatic heterocycles. The zero-order valence-electron chi connectivity index (χ0n) is 11.9. The van der Waals surface area contributed by atoms with Gasteiger partial charge in [0.2, 0.25) is 5.91 Å². The molecule has 2 aromatic rings. The number of carbonyl (C=O) groups excluding carboxylic acids is 2. The molecule has 2 N–H and O–H groups in total. The van der Waals surface area contributed by atoms with Crippen molar-refractivity contribution in [1.29, 1.82) is 0 Å². The van der Waals surface area contributed by atoms with Crippen LogP contribution in [0, 0.1) is 0 Å². The average Bonchev–Trinajstić information content (AvgIpc) is 3.14. The third kappa shape index (κ3) is 3.22. The first kappa shape index (κ1) is 14.8. The molecule has 2 heterocycles. The van der Waals surface area contributed by atoms with Gasteiger partial charge in [0.15, 0.2) is 0 Å². The molecule has 114 valence electrons. The monoisotopic (exact) mass is 361 g/mol. The van der Waals surface area contributed by atoms with E-state index in [1.165, 1.54) is 0 Å². The zero-order valence-corrected chi connectivity index (χ0v) is 13.5. The van der Waals surface area contributed by atoms with Crippen molar-refractivity contribution in [2.45, 2.75) is 19.4 Å². The Morgan fingerprint density at radius 1 is 1.32 bits per heavy atom. The van der Waals surface area contributed by atoms with E-state index in [2.05, 4.69) is 26.2 Å². The maximum Gasteiger partial charge on any atom is 0.267 e. The van der Waals surface area contributed by atoms with Crippen LogP contribution in [0.15, 0.2) is 41.0 Å². The van der Waals surface area contributed by atoms with Crippen LogP contribution in [0.2, 0.25) is 0 Å². The van der Waals surface area contributed by atoms with Crippen molar-refractivity contribution < 1.29 is 9.59 Å². The van der Waals surface area contributed by atoms with Crippen LogP contribution >= 0.6 is 15.9 Å². The van der Waals surface area contributed by atoms with Gasteiger partial charge in [0, 0.05) is 35.9 Å². The lowest BCUT2D eigenvalue weighted by Gasteiger charge is -2.16. The predicted molar refractivity (Wildman–Crippen MR) is 87.7 cm³/mol. The number of nitrogens with one attached hydrogen (secondary N) is 2. The molecule has 1 aromatic carbocycles. The number of rotatable bonds is 4. The summed E-state index contributed by atoms with van der Waals surface area (Å²) in [5.74, 6) is 0.0304. The molecule has 0 atom stereocenters. The van der Waals surface area contributed by atoms with E-state index in [-0.39, 0.29) is 11.8 Å². The van der Waals surface area contributed by atoms with Gasteiger partial charge >= 0.3 is 0 Å². The van der Waals surface area contributed by atoms with Crippen molar-refractivity contribution in [3.8, 4) is 0 Å². The lowest BCUT2D eigenvalue weighted by molar-refractivity contribution is -0.117. The van der Waals surface area contributed by atoms with E-state index >= 15 is 0 Å². The van der Waals surface area contributed by atoms with Crippen molar-refractivity contribution in [3.05, 3.63) is 52.3 Å². The normalized spacial score (nSPS) is 14.4. The van der Waals surface area contributed by atoms with Gasteiger partial charge in [0.25, 0.3) is 5.91 Å². The van der Waals surface area contributed by atoms with Crippen molar-refractivity contribution in [2.75, 3.05) is 11.4 Å². The minimum Gasteiger partial charge on any atom is -0.356 e. The second-order valence-corrected chi connectivity index (χ2v) is 6.15. The van der Waals surface area contributed by atoms with Crippen LogP contribution in [-0.4, -0.2) is 23.3 Å². The van der Waals surface area contributed by atoms with Gasteiger partial charge < -0.3 is 15.2 Å². The molecule has 1 aliphatic heterocycles. The fourth-order valence-corrected chi connectivity index (χ4v) is 2.83. The molecular weight excluding hydrogens is 346 g/mol. The van der Waals surface area contributed by atoms with Crippen molar-refractivity contribution in [2.24, 2.45) is 0 Å². The van der Waals surface area contributed by atoms with Gasteiger partial charge in [-0.25, -0.2) is 0 Å². The highest BCUT2D eigenvalue weighted by Gasteiger charge is 2.21. The maximum atomic E-state index is 11.9. The Balaban J connectivity index is 1.59. The summed E-state index contributed by atoms with van der Waals surface area (Å²) in [5, 5.41) is 2.85. The second-order valence-electron chi connectivity index (χ2n) is 5.23. The van der Waals surface area contributed by atoms with Crippen molar-refractivity contribution in [1.82, 2.24) is 10.3 Å². The smallest absolute Gasteiger partial charge is 0.267 e. The Bertz CT molecular complexity index is 694. The molecule has 0 spiro atoms. The lowest BCUT2D eigenvalue weighted by atomic mass is 10.2. The van der Waals surface area contributed by atoms with Gasteiger partial charge in [-0.05, 0) is 46.1 Å². The molecule has 0 unspecified atom stereocenters. The van der Waals surface area contributed by atoms with E-state index in [4.69, 9.17) is 0 Å². The standard InChI is InChI=1S/C16H16BrN3O2/c17-12-8-14(18-10-12)16(22)19-9-11-3-5-13(6-4-11)20-7-1-2-15(20)21/h3-6,8,10,18H,1-2,7,9H2,(H,19,22). The minimum atomic E-state index is -0.149. The molecule has 0 radical (unpaired) electrons. The van der Waals surface area contributed by atoms with E-state index in [0.717, 1.165) is 28.7 Å². The van der Waals surface area contributed by atoms with Gasteiger partial charge in [0.1, 0.15) is 5.69 Å². The number of nitrogens with zero attached hydrogens (tertiary/aromatic N) is 1. The quantitative estimate of drug-likeness (QED) is 0.879. The molecule has 22 heavy (non-hydrogen) atoms. The van der Waals surface area contributed by atoms with E-state index in [9.17, 15) is 9.59 Å². The first-order chi connectivity index (χ1) is 10.6. The number of hydrogen-bond donors (Lipinski definition) is 2. The first-order valence-electron chi connectivity index (χ1n) is 7.15. The maximum absolute atomic E-state index is 11.9. The van der Waals surface area contributed by atoms with Gasteiger partial charge in [0.05, 0.1) is 0 Å². The summed E-state index contributed by atoms with van der Waals surface area (Å²) in [6.45, 7) is 1.24. The third-order valence-corrected chi connectivity index (χ3v) is 4.12. The molecule has 6 heteroatoms. The van der Waals surface area contributed by atoms with E-state index in [1.807, 2.05) is 24.3 Å².